The van der Waals surface area contributed by atoms with Gasteiger partial charge in [0.25, 0.3) is 0 Å². The number of rotatable bonds is 8. The fourth-order valence-corrected chi connectivity index (χ4v) is 3.44. The lowest BCUT2D eigenvalue weighted by Gasteiger charge is -2.23. The number of carbonyl (C=O) groups excluding carboxylic acids is 2. The van der Waals surface area contributed by atoms with E-state index in [9.17, 15) is 19.5 Å². The Morgan fingerprint density at radius 2 is 2.08 bits per heavy atom. The van der Waals surface area contributed by atoms with Crippen molar-refractivity contribution in [1.29, 1.82) is 0 Å². The Kier molecular flexibility index (Phi) is 6.94. The molecule has 0 saturated carbocycles. The number of carboxylic acid groups (broad SMARTS) is 1. The van der Waals surface area contributed by atoms with Gasteiger partial charge in [-0.2, -0.15) is 0 Å². The van der Waals surface area contributed by atoms with Gasteiger partial charge in [-0.3, -0.25) is 9.59 Å². The summed E-state index contributed by atoms with van der Waals surface area (Å²) < 4.78 is 0. The number of nitrogens with one attached hydrogen (secondary N) is 2. The zero-order valence-electron chi connectivity index (χ0n) is 14.0. The SMILES string of the molecule is CC(=O)N[C@@H](Cc1cccs1)C(=O)N[C@@H](CC1C=CC=CC1)C(=O)O. The zero-order valence-corrected chi connectivity index (χ0v) is 14.8. The van der Waals surface area contributed by atoms with Gasteiger partial charge in [0.15, 0.2) is 0 Å². The molecule has 0 bridgehead atoms. The molecular formula is C18H22N2O4S. The lowest BCUT2D eigenvalue weighted by Crippen LogP contribution is -2.52. The molecule has 0 saturated heterocycles. The first kappa shape index (κ1) is 18.9. The molecular weight excluding hydrogens is 340 g/mol. The van der Waals surface area contributed by atoms with Crippen molar-refractivity contribution in [3.63, 3.8) is 0 Å². The Balaban J connectivity index is 2.02. The van der Waals surface area contributed by atoms with E-state index in [1.165, 1.54) is 18.3 Å². The highest BCUT2D eigenvalue weighted by molar-refractivity contribution is 7.09. The highest BCUT2D eigenvalue weighted by atomic mass is 32.1. The molecule has 134 valence electrons. The topological polar surface area (TPSA) is 95.5 Å². The molecule has 1 unspecified atom stereocenters. The van der Waals surface area contributed by atoms with Crippen LogP contribution in [0.2, 0.25) is 0 Å². The maximum atomic E-state index is 12.5. The van der Waals surface area contributed by atoms with Gasteiger partial charge in [-0.05, 0) is 30.2 Å². The van der Waals surface area contributed by atoms with Crippen LogP contribution < -0.4 is 10.6 Å². The molecule has 3 atom stereocenters. The van der Waals surface area contributed by atoms with E-state index in [0.29, 0.717) is 12.8 Å². The lowest BCUT2D eigenvalue weighted by atomic mass is 9.93. The third kappa shape index (κ3) is 6.19. The summed E-state index contributed by atoms with van der Waals surface area (Å²) in [5, 5.41) is 16.5. The van der Waals surface area contributed by atoms with Gasteiger partial charge in [0, 0.05) is 18.2 Å². The van der Waals surface area contributed by atoms with Crippen LogP contribution in [0.15, 0.2) is 41.8 Å². The van der Waals surface area contributed by atoms with E-state index in [1.807, 2.05) is 41.8 Å². The van der Waals surface area contributed by atoms with Crippen LogP contribution in [0.4, 0.5) is 0 Å². The molecule has 6 nitrogen and oxygen atoms in total. The van der Waals surface area contributed by atoms with Crippen molar-refractivity contribution in [3.05, 3.63) is 46.7 Å². The fraction of sp³-hybridized carbons (Fsp3) is 0.389. The molecule has 0 fully saturated rings. The van der Waals surface area contributed by atoms with Gasteiger partial charge in [0.05, 0.1) is 0 Å². The molecule has 1 aromatic heterocycles. The Morgan fingerprint density at radius 1 is 1.28 bits per heavy atom. The molecule has 1 aromatic rings. The summed E-state index contributed by atoms with van der Waals surface area (Å²) in [5.74, 6) is -1.81. The molecule has 7 heteroatoms. The van der Waals surface area contributed by atoms with E-state index < -0.39 is 24.0 Å². The minimum Gasteiger partial charge on any atom is -0.480 e. The van der Waals surface area contributed by atoms with Gasteiger partial charge >= 0.3 is 5.97 Å². The number of amides is 2. The van der Waals surface area contributed by atoms with E-state index in [2.05, 4.69) is 10.6 Å². The molecule has 2 amide bonds. The largest absolute Gasteiger partial charge is 0.480 e. The third-order valence-corrected chi connectivity index (χ3v) is 4.80. The second-order valence-corrected chi connectivity index (χ2v) is 7.01. The Morgan fingerprint density at radius 3 is 2.64 bits per heavy atom. The average Bonchev–Trinajstić information content (AvgIpc) is 3.07. The van der Waals surface area contributed by atoms with Crippen molar-refractivity contribution in [2.24, 2.45) is 5.92 Å². The highest BCUT2D eigenvalue weighted by Crippen LogP contribution is 2.18. The van der Waals surface area contributed by atoms with Gasteiger partial charge in [-0.1, -0.05) is 30.4 Å². The molecule has 1 aliphatic rings. The van der Waals surface area contributed by atoms with Crippen molar-refractivity contribution in [1.82, 2.24) is 10.6 Å². The van der Waals surface area contributed by atoms with Gasteiger partial charge in [0.1, 0.15) is 12.1 Å². The van der Waals surface area contributed by atoms with Gasteiger partial charge in [0.2, 0.25) is 11.8 Å². The standard InChI is InChI=1S/C18H22N2O4S/c1-12(21)19-15(11-14-8-5-9-25-14)17(22)20-16(18(23)24)10-13-6-3-2-4-7-13/h2-6,8-9,13,15-16H,7,10-11H2,1H3,(H,19,21)(H,20,22)(H,23,24)/t13?,15-,16-/m0/s1. The summed E-state index contributed by atoms with van der Waals surface area (Å²) in [6, 6.07) is 1.96. The second kappa shape index (κ2) is 9.17. The van der Waals surface area contributed by atoms with Crippen LogP contribution in [0.1, 0.15) is 24.6 Å². The Hall–Kier alpha value is -2.41. The zero-order chi connectivity index (χ0) is 18.2. The lowest BCUT2D eigenvalue weighted by molar-refractivity contribution is -0.142. The predicted octanol–water partition coefficient (Wildman–Crippen LogP) is 1.89. The third-order valence-electron chi connectivity index (χ3n) is 3.90. The quantitative estimate of drug-likeness (QED) is 0.658. The van der Waals surface area contributed by atoms with Crippen LogP contribution in [0.25, 0.3) is 0 Å². The van der Waals surface area contributed by atoms with Crippen LogP contribution in [0.5, 0.6) is 0 Å². The van der Waals surface area contributed by atoms with E-state index in [0.717, 1.165) is 11.3 Å². The van der Waals surface area contributed by atoms with Gasteiger partial charge in [-0.25, -0.2) is 4.79 Å². The molecule has 1 aliphatic carbocycles. The van der Waals surface area contributed by atoms with E-state index >= 15 is 0 Å². The number of carboxylic acids is 1. The first-order chi connectivity index (χ1) is 12.0. The number of allylic oxidation sites excluding steroid dienone is 4. The van der Waals surface area contributed by atoms with Crippen LogP contribution in [-0.4, -0.2) is 35.0 Å². The van der Waals surface area contributed by atoms with Crippen LogP contribution in [-0.2, 0) is 20.8 Å². The summed E-state index contributed by atoms with van der Waals surface area (Å²) in [5.41, 5.74) is 0. The van der Waals surface area contributed by atoms with Gasteiger partial charge < -0.3 is 15.7 Å². The minimum absolute atomic E-state index is 0.0721. The molecule has 0 aliphatic heterocycles. The summed E-state index contributed by atoms with van der Waals surface area (Å²) >= 11 is 1.49. The summed E-state index contributed by atoms with van der Waals surface area (Å²) in [6.07, 6.45) is 9.11. The normalized spacial score (nSPS) is 18.4. The van der Waals surface area contributed by atoms with E-state index in [-0.39, 0.29) is 11.8 Å². The number of aliphatic carboxylic acids is 1. The van der Waals surface area contributed by atoms with Crippen molar-refractivity contribution < 1.29 is 19.5 Å². The maximum absolute atomic E-state index is 12.5. The minimum atomic E-state index is -1.07. The first-order valence-electron chi connectivity index (χ1n) is 8.11. The van der Waals surface area contributed by atoms with E-state index in [4.69, 9.17) is 0 Å². The molecule has 25 heavy (non-hydrogen) atoms. The molecule has 0 spiro atoms. The fourth-order valence-electron chi connectivity index (χ4n) is 2.69. The monoisotopic (exact) mass is 362 g/mol. The Bertz CT molecular complexity index is 667. The molecule has 0 radical (unpaired) electrons. The van der Waals surface area contributed by atoms with E-state index in [1.54, 1.807) is 0 Å². The number of hydrogen-bond acceptors (Lipinski definition) is 4. The van der Waals surface area contributed by atoms with Crippen molar-refractivity contribution in [3.8, 4) is 0 Å². The second-order valence-electron chi connectivity index (χ2n) is 5.98. The van der Waals surface area contributed by atoms with Crippen LogP contribution >= 0.6 is 11.3 Å². The number of carbonyl (C=O) groups is 3. The van der Waals surface area contributed by atoms with Crippen molar-refractivity contribution >= 4 is 29.1 Å². The molecule has 0 aromatic carbocycles. The predicted molar refractivity (Wildman–Crippen MR) is 96.2 cm³/mol. The van der Waals surface area contributed by atoms with Gasteiger partial charge in [-0.15, -0.1) is 11.3 Å². The Labute approximate surface area is 150 Å². The molecule has 3 N–H and O–H groups in total. The number of thiophene rings is 1. The molecule has 2 rings (SSSR count). The molecule has 1 heterocycles. The van der Waals surface area contributed by atoms with Crippen molar-refractivity contribution in [2.45, 2.75) is 38.3 Å². The summed E-state index contributed by atoms with van der Waals surface area (Å²) in [7, 11) is 0. The van der Waals surface area contributed by atoms with Crippen LogP contribution in [0, 0.1) is 5.92 Å². The summed E-state index contributed by atoms with van der Waals surface area (Å²) in [4.78, 5) is 36.4. The van der Waals surface area contributed by atoms with Crippen LogP contribution in [0.3, 0.4) is 0 Å². The smallest absolute Gasteiger partial charge is 0.326 e. The van der Waals surface area contributed by atoms with Crippen molar-refractivity contribution in [2.75, 3.05) is 0 Å². The summed E-state index contributed by atoms with van der Waals surface area (Å²) in [6.45, 7) is 1.34. The highest BCUT2D eigenvalue weighted by Gasteiger charge is 2.28. The number of hydrogen-bond donors (Lipinski definition) is 3. The first-order valence-corrected chi connectivity index (χ1v) is 8.99. The average molecular weight is 362 g/mol. The maximum Gasteiger partial charge on any atom is 0.326 e.